The minimum atomic E-state index is -0.776. The van der Waals surface area contributed by atoms with Gasteiger partial charge in [-0.2, -0.15) is 0 Å². The topological polar surface area (TPSA) is 78.9 Å². The van der Waals surface area contributed by atoms with E-state index in [1.54, 1.807) is 0 Å². The summed E-state index contributed by atoms with van der Waals surface area (Å²) < 4.78 is 16.9. The summed E-state index contributed by atoms with van der Waals surface area (Å²) >= 11 is 0. The first-order valence-electron chi connectivity index (χ1n) is 32.8. The highest BCUT2D eigenvalue weighted by atomic mass is 16.6. The van der Waals surface area contributed by atoms with Crippen LogP contribution in [0, 0.1) is 0 Å². The average molecular weight is 1050 g/mol. The number of rotatable bonds is 60. The van der Waals surface area contributed by atoms with Crippen molar-refractivity contribution in [2.75, 3.05) is 13.2 Å². The summed E-state index contributed by atoms with van der Waals surface area (Å²) in [5.74, 6) is -0.864. The molecule has 1 atom stereocenters. The lowest BCUT2D eigenvalue weighted by Gasteiger charge is -2.18. The molecule has 0 bridgehead atoms. The quantitative estimate of drug-likeness (QED) is 0.0261. The Bertz CT molecular complexity index is 1340. The van der Waals surface area contributed by atoms with E-state index in [0.717, 1.165) is 89.9 Å². The van der Waals surface area contributed by atoms with Crippen molar-refractivity contribution in [3.8, 4) is 0 Å². The van der Waals surface area contributed by atoms with E-state index in [9.17, 15) is 14.4 Å². The molecule has 0 aliphatic rings. The van der Waals surface area contributed by atoms with E-state index in [-0.39, 0.29) is 31.1 Å². The average Bonchev–Trinajstić information content (AvgIpc) is 3.41. The van der Waals surface area contributed by atoms with Crippen molar-refractivity contribution in [3.63, 3.8) is 0 Å². The predicted octanol–water partition coefficient (Wildman–Crippen LogP) is 22.3. The van der Waals surface area contributed by atoms with E-state index in [0.29, 0.717) is 19.3 Å². The van der Waals surface area contributed by atoms with Crippen molar-refractivity contribution in [2.45, 2.75) is 348 Å². The lowest BCUT2D eigenvalue weighted by atomic mass is 10.0. The number of allylic oxidation sites excluding steroid dienone is 10. The lowest BCUT2D eigenvalue weighted by molar-refractivity contribution is -0.167. The first-order chi connectivity index (χ1) is 37.0. The van der Waals surface area contributed by atoms with E-state index < -0.39 is 6.10 Å². The molecule has 0 saturated heterocycles. The molecule has 0 N–H and O–H groups in total. The molecule has 0 radical (unpaired) electrons. The molecular weight excluding hydrogens is 925 g/mol. The second-order valence-corrected chi connectivity index (χ2v) is 22.0. The highest BCUT2D eigenvalue weighted by molar-refractivity contribution is 5.71. The van der Waals surface area contributed by atoms with Crippen molar-refractivity contribution in [1.29, 1.82) is 0 Å². The molecule has 0 aliphatic heterocycles. The zero-order chi connectivity index (χ0) is 54.3. The van der Waals surface area contributed by atoms with Gasteiger partial charge in [-0.15, -0.1) is 0 Å². The Morgan fingerprint density at radius 2 is 0.520 bits per heavy atom. The molecule has 0 aromatic carbocycles. The Kier molecular flexibility index (Phi) is 61.2. The molecule has 0 heterocycles. The van der Waals surface area contributed by atoms with Gasteiger partial charge in [-0.25, -0.2) is 0 Å². The van der Waals surface area contributed by atoms with Crippen LogP contribution in [0.1, 0.15) is 342 Å². The third kappa shape index (κ3) is 61.8. The Morgan fingerprint density at radius 3 is 0.853 bits per heavy atom. The minimum Gasteiger partial charge on any atom is -0.462 e. The van der Waals surface area contributed by atoms with Gasteiger partial charge in [-0.05, 0) is 83.5 Å². The Balaban J connectivity index is 4.25. The highest BCUT2D eigenvalue weighted by Crippen LogP contribution is 2.18. The van der Waals surface area contributed by atoms with E-state index in [1.807, 2.05) is 0 Å². The van der Waals surface area contributed by atoms with Crippen molar-refractivity contribution in [2.24, 2.45) is 0 Å². The summed E-state index contributed by atoms with van der Waals surface area (Å²) in [6.07, 6.45) is 80.9. The van der Waals surface area contributed by atoms with Crippen molar-refractivity contribution >= 4 is 17.9 Å². The van der Waals surface area contributed by atoms with E-state index in [4.69, 9.17) is 14.2 Å². The number of unbranched alkanes of at least 4 members (excludes halogenated alkanes) is 39. The van der Waals surface area contributed by atoms with Crippen LogP contribution in [0.25, 0.3) is 0 Å². The fraction of sp³-hybridized carbons (Fsp3) is 0.812. The van der Waals surface area contributed by atoms with Gasteiger partial charge in [-0.1, -0.05) is 300 Å². The van der Waals surface area contributed by atoms with Crippen LogP contribution in [0.4, 0.5) is 0 Å². The van der Waals surface area contributed by atoms with Gasteiger partial charge in [0.25, 0.3) is 0 Å². The zero-order valence-electron chi connectivity index (χ0n) is 50.1. The molecule has 1 unspecified atom stereocenters. The molecule has 0 rings (SSSR count). The molecule has 436 valence electrons. The summed E-state index contributed by atoms with van der Waals surface area (Å²) in [5.41, 5.74) is 0. The van der Waals surface area contributed by atoms with E-state index in [1.165, 1.54) is 212 Å². The zero-order valence-corrected chi connectivity index (χ0v) is 50.1. The third-order valence-corrected chi connectivity index (χ3v) is 14.5. The molecule has 0 aromatic rings. The molecule has 6 heteroatoms. The molecule has 75 heavy (non-hydrogen) atoms. The van der Waals surface area contributed by atoms with Crippen LogP contribution in [0.3, 0.4) is 0 Å². The van der Waals surface area contributed by atoms with Crippen LogP contribution < -0.4 is 0 Å². The molecule has 0 saturated carbocycles. The first-order valence-corrected chi connectivity index (χ1v) is 32.8. The Morgan fingerprint density at radius 1 is 0.280 bits per heavy atom. The fourth-order valence-electron chi connectivity index (χ4n) is 9.61. The van der Waals surface area contributed by atoms with Crippen molar-refractivity contribution in [3.05, 3.63) is 60.8 Å². The second kappa shape index (κ2) is 63.6. The van der Waals surface area contributed by atoms with Gasteiger partial charge < -0.3 is 14.2 Å². The largest absolute Gasteiger partial charge is 0.462 e. The number of hydrogen-bond donors (Lipinski definition) is 0. The van der Waals surface area contributed by atoms with Crippen LogP contribution in [0.2, 0.25) is 0 Å². The number of carbonyl (C=O) groups is 3. The maximum atomic E-state index is 12.9. The highest BCUT2D eigenvalue weighted by Gasteiger charge is 2.19. The van der Waals surface area contributed by atoms with Crippen LogP contribution in [0.5, 0.6) is 0 Å². The third-order valence-electron chi connectivity index (χ3n) is 14.5. The first kappa shape index (κ1) is 72.1. The van der Waals surface area contributed by atoms with Crippen LogP contribution in [0.15, 0.2) is 60.8 Å². The SMILES string of the molecule is CC/C=C\C/C=C\C/C=C\C/C=C\CCCCCCCCCCCCCCC(=O)OCC(COC(=O)CCCCCCC/C=C\CCCCC)OC(=O)CCCCCCCCCCCCCCCCCCCCCC. The smallest absolute Gasteiger partial charge is 0.306 e. The van der Waals surface area contributed by atoms with Crippen LogP contribution in [-0.2, 0) is 28.6 Å². The summed E-state index contributed by atoms with van der Waals surface area (Å²) in [6.45, 7) is 6.55. The second-order valence-electron chi connectivity index (χ2n) is 22.0. The van der Waals surface area contributed by atoms with Gasteiger partial charge in [0.15, 0.2) is 6.10 Å². The van der Waals surface area contributed by atoms with Gasteiger partial charge in [-0.3, -0.25) is 14.4 Å². The van der Waals surface area contributed by atoms with Gasteiger partial charge in [0, 0.05) is 19.3 Å². The van der Waals surface area contributed by atoms with Crippen LogP contribution in [-0.4, -0.2) is 37.2 Å². The van der Waals surface area contributed by atoms with Gasteiger partial charge >= 0.3 is 17.9 Å². The van der Waals surface area contributed by atoms with Gasteiger partial charge in [0.1, 0.15) is 13.2 Å². The molecule has 0 amide bonds. The Labute approximate surface area is 466 Å². The maximum Gasteiger partial charge on any atom is 0.306 e. The van der Waals surface area contributed by atoms with E-state index in [2.05, 4.69) is 81.5 Å². The monoisotopic (exact) mass is 1050 g/mol. The Hall–Kier alpha value is -2.89. The summed E-state index contributed by atoms with van der Waals surface area (Å²) in [7, 11) is 0. The number of ether oxygens (including phenoxy) is 3. The molecule has 0 spiro atoms. The van der Waals surface area contributed by atoms with Gasteiger partial charge in [0.2, 0.25) is 0 Å². The normalized spacial score (nSPS) is 12.4. The van der Waals surface area contributed by atoms with Gasteiger partial charge in [0.05, 0.1) is 0 Å². The van der Waals surface area contributed by atoms with E-state index >= 15 is 0 Å². The molecule has 0 aromatic heterocycles. The number of carbonyl (C=O) groups excluding carboxylic acids is 3. The van der Waals surface area contributed by atoms with Crippen molar-refractivity contribution < 1.29 is 28.6 Å². The predicted molar refractivity (Wildman–Crippen MR) is 325 cm³/mol. The summed E-state index contributed by atoms with van der Waals surface area (Å²) in [4.78, 5) is 38.3. The number of esters is 3. The standard InChI is InChI=1S/C69H124O6/c1-4-7-10-13-16-19-22-25-27-29-31-33-34-35-36-37-39-40-42-44-47-50-53-56-59-62-68(71)74-65-66(64-73-67(70)61-58-55-52-49-46-24-21-18-15-12-9-6-3)75-69(72)63-60-57-54-51-48-45-43-41-38-32-30-28-26-23-20-17-14-11-8-5-2/h7,10,16,18-19,21,25,27,31,33,66H,4-6,8-9,11-15,17,20,22-24,26,28-30,32,34-65H2,1-3H3/b10-7-,19-16-,21-18-,27-25-,33-31-. The fourth-order valence-corrected chi connectivity index (χ4v) is 9.61. The molecular formula is C69H124O6. The maximum absolute atomic E-state index is 12.9. The lowest BCUT2D eigenvalue weighted by Crippen LogP contribution is -2.30. The molecule has 6 nitrogen and oxygen atoms in total. The number of hydrogen-bond acceptors (Lipinski definition) is 6. The summed E-state index contributed by atoms with van der Waals surface area (Å²) in [5, 5.41) is 0. The molecule has 0 aliphatic carbocycles. The van der Waals surface area contributed by atoms with Crippen LogP contribution >= 0.6 is 0 Å². The van der Waals surface area contributed by atoms with Crippen molar-refractivity contribution in [1.82, 2.24) is 0 Å². The molecule has 0 fully saturated rings. The summed E-state index contributed by atoms with van der Waals surface area (Å²) in [6, 6.07) is 0. The minimum absolute atomic E-state index is 0.0740.